The van der Waals surface area contributed by atoms with Crippen molar-refractivity contribution >= 4 is 5.91 Å². The number of ether oxygens (including phenoxy) is 1. The Labute approximate surface area is 172 Å². The Morgan fingerprint density at radius 2 is 2.00 bits per heavy atom. The molecule has 0 unspecified atom stereocenters. The second kappa shape index (κ2) is 8.31. The van der Waals surface area contributed by atoms with Crippen molar-refractivity contribution in [2.45, 2.75) is 26.4 Å². The summed E-state index contributed by atoms with van der Waals surface area (Å²) in [5.41, 5.74) is 2.98. The van der Waals surface area contributed by atoms with Crippen molar-refractivity contribution in [3.8, 4) is 11.3 Å². The zero-order chi connectivity index (χ0) is 21.3. The van der Waals surface area contributed by atoms with Crippen molar-refractivity contribution < 1.29 is 22.8 Å². The number of morpholine rings is 1. The van der Waals surface area contributed by atoms with E-state index in [2.05, 4.69) is 5.16 Å². The molecular formula is C22H21F2N3O3. The van der Waals surface area contributed by atoms with Crippen molar-refractivity contribution in [3.63, 3.8) is 0 Å². The average molecular weight is 413 g/mol. The standard InChI is InChI=1S/C22H21F2N3O3/c1-3-19-21(13(2)26-30-19)18-6-4-5-17(25-18)20-12-27(7-8-29-20)22(28)14-9-15(23)11-16(24)10-14/h4-6,9-11,20H,3,7-8,12H2,1-2H3/t20-/m1/s1. The first-order chi connectivity index (χ1) is 14.5. The number of carbonyl (C=O) groups is 1. The molecule has 1 amide bonds. The van der Waals surface area contributed by atoms with Gasteiger partial charge >= 0.3 is 0 Å². The summed E-state index contributed by atoms with van der Waals surface area (Å²) in [4.78, 5) is 19.0. The highest BCUT2D eigenvalue weighted by molar-refractivity contribution is 5.94. The molecule has 156 valence electrons. The van der Waals surface area contributed by atoms with Crippen molar-refractivity contribution in [2.75, 3.05) is 19.7 Å². The number of amides is 1. The van der Waals surface area contributed by atoms with Crippen LogP contribution in [0, 0.1) is 18.6 Å². The van der Waals surface area contributed by atoms with Gasteiger partial charge in [0.05, 0.1) is 35.8 Å². The summed E-state index contributed by atoms with van der Waals surface area (Å²) in [5, 5.41) is 4.03. The maximum Gasteiger partial charge on any atom is 0.254 e. The largest absolute Gasteiger partial charge is 0.368 e. The highest BCUT2D eigenvalue weighted by Crippen LogP contribution is 2.29. The van der Waals surface area contributed by atoms with Crippen LogP contribution in [0.1, 0.15) is 40.5 Å². The normalized spacial score (nSPS) is 16.7. The van der Waals surface area contributed by atoms with Crippen LogP contribution in [0.15, 0.2) is 40.9 Å². The first-order valence-electron chi connectivity index (χ1n) is 9.75. The van der Waals surface area contributed by atoms with Crippen LogP contribution in [0.4, 0.5) is 8.78 Å². The summed E-state index contributed by atoms with van der Waals surface area (Å²) in [5.74, 6) is -1.26. The van der Waals surface area contributed by atoms with Gasteiger partial charge < -0.3 is 14.2 Å². The third-order valence-corrected chi connectivity index (χ3v) is 5.07. The van der Waals surface area contributed by atoms with E-state index in [9.17, 15) is 13.6 Å². The molecule has 1 aromatic carbocycles. The van der Waals surface area contributed by atoms with E-state index in [4.69, 9.17) is 14.2 Å². The molecule has 0 N–H and O–H groups in total. The molecule has 1 atom stereocenters. The Morgan fingerprint density at radius 3 is 2.73 bits per heavy atom. The van der Waals surface area contributed by atoms with Gasteiger partial charge in [-0.25, -0.2) is 13.8 Å². The SMILES string of the molecule is CCc1onc(C)c1-c1cccc([C@H]2CN(C(=O)c3cc(F)cc(F)c3)CCO2)n1. The van der Waals surface area contributed by atoms with Gasteiger partial charge in [-0.05, 0) is 31.2 Å². The van der Waals surface area contributed by atoms with Crippen LogP contribution in [0.2, 0.25) is 0 Å². The van der Waals surface area contributed by atoms with Crippen LogP contribution in [0.25, 0.3) is 11.3 Å². The molecule has 0 aliphatic carbocycles. The molecule has 30 heavy (non-hydrogen) atoms. The number of hydrogen-bond donors (Lipinski definition) is 0. The molecule has 3 heterocycles. The van der Waals surface area contributed by atoms with Crippen molar-refractivity contribution in [1.82, 2.24) is 15.0 Å². The highest BCUT2D eigenvalue weighted by atomic mass is 19.1. The van der Waals surface area contributed by atoms with Crippen LogP contribution in [-0.2, 0) is 11.2 Å². The lowest BCUT2D eigenvalue weighted by molar-refractivity contribution is -0.0247. The molecule has 0 bridgehead atoms. The fourth-order valence-corrected chi connectivity index (χ4v) is 3.63. The maximum atomic E-state index is 13.5. The number of carbonyl (C=O) groups excluding carboxylic acids is 1. The molecule has 0 spiro atoms. The number of rotatable bonds is 4. The lowest BCUT2D eigenvalue weighted by atomic mass is 10.1. The third-order valence-electron chi connectivity index (χ3n) is 5.07. The quantitative estimate of drug-likeness (QED) is 0.644. The monoisotopic (exact) mass is 413 g/mol. The molecule has 0 saturated carbocycles. The first-order valence-corrected chi connectivity index (χ1v) is 9.75. The molecule has 1 aliphatic heterocycles. The first kappa shape index (κ1) is 20.2. The van der Waals surface area contributed by atoms with Gasteiger partial charge in [-0.3, -0.25) is 4.79 Å². The van der Waals surface area contributed by atoms with E-state index >= 15 is 0 Å². The lowest BCUT2D eigenvalue weighted by Gasteiger charge is -2.33. The molecule has 1 aliphatic rings. The van der Waals surface area contributed by atoms with Gasteiger partial charge in [0.1, 0.15) is 23.5 Å². The minimum absolute atomic E-state index is 0.0254. The number of pyridine rings is 1. The minimum Gasteiger partial charge on any atom is -0.368 e. The zero-order valence-corrected chi connectivity index (χ0v) is 16.7. The fourth-order valence-electron chi connectivity index (χ4n) is 3.63. The summed E-state index contributed by atoms with van der Waals surface area (Å²) in [6, 6.07) is 8.40. The molecule has 1 saturated heterocycles. The number of aryl methyl sites for hydroxylation is 2. The van der Waals surface area contributed by atoms with E-state index in [0.29, 0.717) is 25.3 Å². The van der Waals surface area contributed by atoms with Crippen LogP contribution in [0.5, 0.6) is 0 Å². The Bertz CT molecular complexity index is 1060. The Balaban J connectivity index is 1.58. The molecule has 4 rings (SSSR count). The Hall–Kier alpha value is -3.13. The summed E-state index contributed by atoms with van der Waals surface area (Å²) >= 11 is 0. The third kappa shape index (κ3) is 3.95. The van der Waals surface area contributed by atoms with E-state index in [1.54, 1.807) is 0 Å². The second-order valence-corrected chi connectivity index (χ2v) is 7.14. The van der Waals surface area contributed by atoms with E-state index in [0.717, 1.165) is 40.9 Å². The topological polar surface area (TPSA) is 68.5 Å². The summed E-state index contributed by atoms with van der Waals surface area (Å²) in [6.07, 6.45) is 0.236. The van der Waals surface area contributed by atoms with E-state index in [1.807, 2.05) is 32.0 Å². The second-order valence-electron chi connectivity index (χ2n) is 7.14. The highest BCUT2D eigenvalue weighted by Gasteiger charge is 2.28. The van der Waals surface area contributed by atoms with Gasteiger partial charge in [0.15, 0.2) is 0 Å². The van der Waals surface area contributed by atoms with Crippen LogP contribution in [-0.4, -0.2) is 40.6 Å². The number of halogens is 2. The van der Waals surface area contributed by atoms with Gasteiger partial charge in [0.2, 0.25) is 0 Å². The molecule has 0 radical (unpaired) electrons. The summed E-state index contributed by atoms with van der Waals surface area (Å²) in [6.45, 7) is 4.71. The van der Waals surface area contributed by atoms with Gasteiger partial charge in [-0.1, -0.05) is 18.1 Å². The van der Waals surface area contributed by atoms with E-state index in [1.165, 1.54) is 4.90 Å². The summed E-state index contributed by atoms with van der Waals surface area (Å²) in [7, 11) is 0. The Kier molecular flexibility index (Phi) is 5.59. The molecule has 8 heteroatoms. The fraction of sp³-hybridized carbons (Fsp3) is 0.318. The zero-order valence-electron chi connectivity index (χ0n) is 16.7. The van der Waals surface area contributed by atoms with Crippen molar-refractivity contribution in [3.05, 3.63) is 70.7 Å². The summed E-state index contributed by atoms with van der Waals surface area (Å²) < 4.78 is 38.2. The molecule has 6 nitrogen and oxygen atoms in total. The van der Waals surface area contributed by atoms with E-state index < -0.39 is 23.6 Å². The number of nitrogens with zero attached hydrogens (tertiary/aromatic N) is 3. The smallest absolute Gasteiger partial charge is 0.254 e. The molecule has 1 fully saturated rings. The minimum atomic E-state index is -0.784. The number of aromatic nitrogens is 2. The molecule has 3 aromatic rings. The number of hydrogen-bond acceptors (Lipinski definition) is 5. The predicted molar refractivity (Wildman–Crippen MR) is 105 cm³/mol. The molecular weight excluding hydrogens is 392 g/mol. The van der Waals surface area contributed by atoms with Gasteiger partial charge in [-0.15, -0.1) is 0 Å². The van der Waals surface area contributed by atoms with Crippen molar-refractivity contribution in [1.29, 1.82) is 0 Å². The maximum absolute atomic E-state index is 13.5. The lowest BCUT2D eigenvalue weighted by Crippen LogP contribution is -2.42. The van der Waals surface area contributed by atoms with Crippen LogP contribution >= 0.6 is 0 Å². The van der Waals surface area contributed by atoms with Crippen LogP contribution in [0.3, 0.4) is 0 Å². The van der Waals surface area contributed by atoms with Gasteiger partial charge in [0, 0.05) is 24.6 Å². The predicted octanol–water partition coefficient (Wildman–Crippen LogP) is 4.10. The Morgan fingerprint density at radius 1 is 1.23 bits per heavy atom. The van der Waals surface area contributed by atoms with Gasteiger partial charge in [0.25, 0.3) is 5.91 Å². The van der Waals surface area contributed by atoms with E-state index in [-0.39, 0.29) is 12.1 Å². The van der Waals surface area contributed by atoms with Crippen molar-refractivity contribution in [2.24, 2.45) is 0 Å². The molecule has 2 aromatic heterocycles. The average Bonchev–Trinajstić information content (AvgIpc) is 3.13. The van der Waals surface area contributed by atoms with Gasteiger partial charge in [-0.2, -0.15) is 0 Å². The number of benzene rings is 1. The van der Waals surface area contributed by atoms with Crippen LogP contribution < -0.4 is 0 Å².